The van der Waals surface area contributed by atoms with Gasteiger partial charge in [0.05, 0.1) is 18.2 Å². The van der Waals surface area contributed by atoms with Gasteiger partial charge < -0.3 is 30.6 Å². The van der Waals surface area contributed by atoms with Crippen LogP contribution in [0.15, 0.2) is 24.4 Å². The van der Waals surface area contributed by atoms with Crippen LogP contribution in [-0.2, 0) is 16.0 Å². The fourth-order valence-electron chi connectivity index (χ4n) is 3.27. The van der Waals surface area contributed by atoms with Crippen LogP contribution in [0.4, 0.5) is 20.8 Å². The number of rotatable bonds is 9. The number of fused-ring (bicyclic) bond motifs is 1. The Hall–Kier alpha value is -3.80. The van der Waals surface area contributed by atoms with Gasteiger partial charge in [0.15, 0.2) is 11.5 Å². The maximum Gasteiger partial charge on any atom is 0.407 e. The van der Waals surface area contributed by atoms with Crippen LogP contribution in [0.1, 0.15) is 50.5 Å². The number of benzene rings is 1. The zero-order valence-corrected chi connectivity index (χ0v) is 22.0. The molecule has 0 saturated heterocycles. The fourth-order valence-corrected chi connectivity index (χ4v) is 3.50. The van der Waals surface area contributed by atoms with Crippen molar-refractivity contribution in [2.45, 2.75) is 52.9 Å². The van der Waals surface area contributed by atoms with Crippen LogP contribution in [0.25, 0.3) is 5.65 Å². The standard InChI is InChI=1S/C24H30ClFN6O5/c1-6-35-22(33)18-20(27)31-32-10-9-17(30-21(18)32)28-12-14-16(8-7-15(26)19(14)25)36-13(2)11-29-23(34)37-24(3,4)5/h7-10,13H,6,11-12H2,1-5H3,(H2,27,31)(H,28,30)(H,29,34)/t13-/m0/s1. The molecule has 0 spiro atoms. The van der Waals surface area contributed by atoms with Gasteiger partial charge in [-0.25, -0.2) is 23.5 Å². The summed E-state index contributed by atoms with van der Waals surface area (Å²) < 4.78 is 31.8. The quantitative estimate of drug-likeness (QED) is 0.343. The Morgan fingerprint density at radius 1 is 1.27 bits per heavy atom. The average Bonchev–Trinajstić information content (AvgIpc) is 3.14. The van der Waals surface area contributed by atoms with Crippen molar-refractivity contribution in [2.75, 3.05) is 24.2 Å². The summed E-state index contributed by atoms with van der Waals surface area (Å²) in [6, 6.07) is 4.25. The van der Waals surface area contributed by atoms with Gasteiger partial charge in [0.1, 0.15) is 34.7 Å². The number of carbonyl (C=O) groups is 2. The Morgan fingerprint density at radius 3 is 2.68 bits per heavy atom. The van der Waals surface area contributed by atoms with Gasteiger partial charge in [-0.2, -0.15) is 0 Å². The minimum Gasteiger partial charge on any atom is -0.488 e. The maximum absolute atomic E-state index is 14.3. The molecule has 2 aromatic heterocycles. The first-order chi connectivity index (χ1) is 17.4. The number of nitrogen functional groups attached to an aromatic ring is 1. The first kappa shape index (κ1) is 27.8. The molecule has 4 N–H and O–H groups in total. The molecule has 0 radical (unpaired) electrons. The summed E-state index contributed by atoms with van der Waals surface area (Å²) in [4.78, 5) is 28.6. The van der Waals surface area contributed by atoms with Crippen molar-refractivity contribution in [1.29, 1.82) is 0 Å². The first-order valence-electron chi connectivity index (χ1n) is 11.6. The van der Waals surface area contributed by atoms with Crippen molar-refractivity contribution in [3.63, 3.8) is 0 Å². The van der Waals surface area contributed by atoms with Crippen LogP contribution in [-0.4, -0.2) is 51.5 Å². The molecule has 1 amide bonds. The highest BCUT2D eigenvalue weighted by molar-refractivity contribution is 6.31. The normalized spacial score (nSPS) is 12.2. The molecule has 0 saturated carbocycles. The Bertz CT molecular complexity index is 1290. The van der Waals surface area contributed by atoms with Crippen LogP contribution in [0.2, 0.25) is 5.02 Å². The molecule has 0 fully saturated rings. The summed E-state index contributed by atoms with van der Waals surface area (Å²) in [6.45, 7) is 9.06. The number of hydrogen-bond donors (Lipinski definition) is 3. The van der Waals surface area contributed by atoms with E-state index in [0.29, 0.717) is 17.1 Å². The van der Waals surface area contributed by atoms with Gasteiger partial charge >= 0.3 is 12.1 Å². The largest absolute Gasteiger partial charge is 0.488 e. The van der Waals surface area contributed by atoms with Gasteiger partial charge in [0, 0.05) is 18.3 Å². The van der Waals surface area contributed by atoms with E-state index in [1.807, 2.05) is 0 Å². The second-order valence-electron chi connectivity index (χ2n) is 9.06. The average molecular weight is 537 g/mol. The highest BCUT2D eigenvalue weighted by atomic mass is 35.5. The molecule has 0 unspecified atom stereocenters. The third kappa shape index (κ3) is 7.13. The summed E-state index contributed by atoms with van der Waals surface area (Å²) in [6.07, 6.45) is 0.508. The van der Waals surface area contributed by atoms with Crippen LogP contribution < -0.4 is 21.1 Å². The smallest absolute Gasteiger partial charge is 0.407 e. The monoisotopic (exact) mass is 536 g/mol. The molecule has 2 heterocycles. The Morgan fingerprint density at radius 2 is 2.00 bits per heavy atom. The molecule has 0 aliphatic rings. The number of nitrogens with one attached hydrogen (secondary N) is 2. The van der Waals surface area contributed by atoms with Gasteiger partial charge in [-0.05, 0) is 52.8 Å². The van der Waals surface area contributed by atoms with Gasteiger partial charge in [-0.15, -0.1) is 5.10 Å². The van der Waals surface area contributed by atoms with Crippen LogP contribution in [0.3, 0.4) is 0 Å². The van der Waals surface area contributed by atoms with E-state index in [9.17, 15) is 14.0 Å². The number of anilines is 2. The number of amides is 1. The SMILES string of the molecule is CCOC(=O)c1c(N)nn2ccc(NCc3c(O[C@@H](C)CNC(=O)OC(C)(C)C)ccc(F)c3Cl)nc12. The molecule has 200 valence electrons. The lowest BCUT2D eigenvalue weighted by Gasteiger charge is -2.22. The Labute approximate surface area is 218 Å². The van der Waals surface area contributed by atoms with E-state index in [1.54, 1.807) is 46.9 Å². The van der Waals surface area contributed by atoms with Crippen molar-refractivity contribution in [2.24, 2.45) is 0 Å². The second kappa shape index (κ2) is 11.5. The number of alkyl carbamates (subject to hydrolysis) is 1. The molecule has 0 aliphatic heterocycles. The zero-order valence-electron chi connectivity index (χ0n) is 21.2. The van der Waals surface area contributed by atoms with Gasteiger partial charge in [0.25, 0.3) is 0 Å². The summed E-state index contributed by atoms with van der Waals surface area (Å²) in [5.41, 5.74) is 5.83. The number of aromatic nitrogens is 3. The first-order valence-corrected chi connectivity index (χ1v) is 11.9. The molecule has 1 aromatic carbocycles. The van der Waals surface area contributed by atoms with E-state index in [0.717, 1.165) is 0 Å². The summed E-state index contributed by atoms with van der Waals surface area (Å²) in [5, 5.41) is 9.63. The highest BCUT2D eigenvalue weighted by Gasteiger charge is 2.22. The summed E-state index contributed by atoms with van der Waals surface area (Å²) in [7, 11) is 0. The third-order valence-electron chi connectivity index (χ3n) is 4.85. The molecular formula is C24H30ClFN6O5. The van der Waals surface area contributed by atoms with E-state index >= 15 is 0 Å². The van der Waals surface area contributed by atoms with Crippen molar-refractivity contribution in [3.8, 4) is 5.75 Å². The van der Waals surface area contributed by atoms with Gasteiger partial charge in [0.2, 0.25) is 0 Å². The van der Waals surface area contributed by atoms with Crippen molar-refractivity contribution >= 4 is 40.9 Å². The van der Waals surface area contributed by atoms with E-state index in [-0.39, 0.29) is 41.7 Å². The number of nitrogens with zero attached hydrogens (tertiary/aromatic N) is 3. The maximum atomic E-state index is 14.3. The lowest BCUT2D eigenvalue weighted by Crippen LogP contribution is -2.37. The van der Waals surface area contributed by atoms with E-state index in [1.165, 1.54) is 16.6 Å². The van der Waals surface area contributed by atoms with Crippen LogP contribution in [0, 0.1) is 5.82 Å². The lowest BCUT2D eigenvalue weighted by atomic mass is 10.2. The van der Waals surface area contributed by atoms with Gasteiger partial charge in [-0.1, -0.05) is 11.6 Å². The van der Waals surface area contributed by atoms with Crippen LogP contribution in [0.5, 0.6) is 5.75 Å². The van der Waals surface area contributed by atoms with Crippen molar-refractivity contribution in [1.82, 2.24) is 19.9 Å². The zero-order chi connectivity index (χ0) is 27.3. The van der Waals surface area contributed by atoms with Crippen LogP contribution >= 0.6 is 11.6 Å². The molecule has 3 aromatic rings. The topological polar surface area (TPSA) is 142 Å². The Balaban J connectivity index is 1.75. The number of ether oxygens (including phenoxy) is 3. The minimum atomic E-state index is -0.641. The molecule has 3 rings (SSSR count). The minimum absolute atomic E-state index is 0.0130. The third-order valence-corrected chi connectivity index (χ3v) is 5.26. The predicted octanol–water partition coefficient (Wildman–Crippen LogP) is 4.18. The molecule has 0 aliphatic carbocycles. The molecule has 0 bridgehead atoms. The molecule has 13 heteroatoms. The molecular weight excluding hydrogens is 507 g/mol. The Kier molecular flexibility index (Phi) is 8.64. The van der Waals surface area contributed by atoms with Crippen molar-refractivity contribution < 1.29 is 28.2 Å². The molecule has 11 nitrogen and oxygen atoms in total. The number of esters is 1. The van der Waals surface area contributed by atoms with E-state index in [2.05, 4.69) is 20.7 Å². The molecule has 37 heavy (non-hydrogen) atoms. The number of halogens is 2. The summed E-state index contributed by atoms with van der Waals surface area (Å²) in [5.74, 6) is -0.608. The van der Waals surface area contributed by atoms with Gasteiger partial charge in [-0.3, -0.25) is 0 Å². The lowest BCUT2D eigenvalue weighted by molar-refractivity contribution is 0.0501. The van der Waals surface area contributed by atoms with E-state index in [4.69, 9.17) is 31.5 Å². The summed E-state index contributed by atoms with van der Waals surface area (Å²) >= 11 is 6.25. The number of nitrogens with two attached hydrogens (primary N) is 1. The fraction of sp³-hybridized carbons (Fsp3) is 0.417. The number of carbonyl (C=O) groups excluding carboxylic acids is 2. The highest BCUT2D eigenvalue weighted by Crippen LogP contribution is 2.31. The second-order valence-corrected chi connectivity index (χ2v) is 9.44. The molecule has 1 atom stereocenters. The number of hydrogen-bond acceptors (Lipinski definition) is 9. The van der Waals surface area contributed by atoms with E-state index < -0.39 is 29.6 Å². The predicted molar refractivity (Wildman–Crippen MR) is 136 cm³/mol. The van der Waals surface area contributed by atoms with Crippen molar-refractivity contribution in [3.05, 3.63) is 46.4 Å².